The number of aryl methyl sites for hydroxylation is 1. The SMILES string of the molecule is Cc1ccc(S(=O)(=O)N2CCC(c3nc4ccccc4[nH]3)CC2)cc1F. The lowest BCUT2D eigenvalue weighted by atomic mass is 9.97. The number of H-pyrrole nitrogens is 1. The van der Waals surface area contributed by atoms with Gasteiger partial charge in [-0.05, 0) is 49.6 Å². The summed E-state index contributed by atoms with van der Waals surface area (Å²) in [6.07, 6.45) is 1.38. The summed E-state index contributed by atoms with van der Waals surface area (Å²) in [6, 6.07) is 11.9. The fourth-order valence-corrected chi connectivity index (χ4v) is 4.90. The molecule has 0 radical (unpaired) electrons. The molecule has 0 atom stereocenters. The lowest BCUT2D eigenvalue weighted by Gasteiger charge is -2.30. The maximum absolute atomic E-state index is 13.8. The summed E-state index contributed by atoms with van der Waals surface area (Å²) in [7, 11) is -3.67. The average molecular weight is 373 g/mol. The number of hydrogen-bond acceptors (Lipinski definition) is 3. The molecule has 0 unspecified atom stereocenters. The van der Waals surface area contributed by atoms with Crippen LogP contribution in [-0.4, -0.2) is 35.8 Å². The Labute approximate surface area is 151 Å². The number of para-hydroxylation sites is 2. The molecule has 1 N–H and O–H groups in total. The number of benzene rings is 2. The first-order valence-corrected chi connectivity index (χ1v) is 10.1. The molecule has 1 saturated heterocycles. The first-order valence-electron chi connectivity index (χ1n) is 8.66. The van der Waals surface area contributed by atoms with Crippen LogP contribution in [0.25, 0.3) is 11.0 Å². The molecular weight excluding hydrogens is 353 g/mol. The number of rotatable bonds is 3. The highest BCUT2D eigenvalue weighted by Crippen LogP contribution is 2.30. The number of hydrogen-bond donors (Lipinski definition) is 1. The average Bonchev–Trinajstić information content (AvgIpc) is 3.08. The molecule has 7 heteroatoms. The van der Waals surface area contributed by atoms with Crippen molar-refractivity contribution in [1.29, 1.82) is 0 Å². The van der Waals surface area contributed by atoms with Gasteiger partial charge in [0.05, 0.1) is 15.9 Å². The van der Waals surface area contributed by atoms with Crippen molar-refractivity contribution in [2.45, 2.75) is 30.6 Å². The van der Waals surface area contributed by atoms with Gasteiger partial charge >= 0.3 is 0 Å². The Balaban J connectivity index is 1.51. The van der Waals surface area contributed by atoms with Crippen LogP contribution in [0.5, 0.6) is 0 Å². The quantitative estimate of drug-likeness (QED) is 0.763. The summed E-state index contributed by atoms with van der Waals surface area (Å²) in [6.45, 7) is 2.42. The van der Waals surface area contributed by atoms with Crippen LogP contribution in [0.4, 0.5) is 4.39 Å². The predicted octanol–water partition coefficient (Wildman–Crippen LogP) is 3.58. The van der Waals surface area contributed by atoms with Crippen LogP contribution in [0.1, 0.15) is 30.1 Å². The van der Waals surface area contributed by atoms with Gasteiger partial charge in [-0.15, -0.1) is 0 Å². The van der Waals surface area contributed by atoms with Crippen molar-refractivity contribution in [1.82, 2.24) is 14.3 Å². The standard InChI is InChI=1S/C19H20FN3O2S/c1-13-6-7-15(12-16(13)20)26(24,25)23-10-8-14(9-11-23)19-21-17-4-2-3-5-18(17)22-19/h2-7,12,14H,8-11H2,1H3,(H,21,22). The number of halogens is 1. The van der Waals surface area contributed by atoms with E-state index in [4.69, 9.17) is 0 Å². The minimum Gasteiger partial charge on any atom is -0.342 e. The van der Waals surface area contributed by atoms with E-state index in [2.05, 4.69) is 9.97 Å². The van der Waals surface area contributed by atoms with Gasteiger partial charge in [-0.3, -0.25) is 0 Å². The Morgan fingerprint density at radius 2 is 1.88 bits per heavy atom. The van der Waals surface area contributed by atoms with E-state index < -0.39 is 15.8 Å². The third-order valence-electron chi connectivity index (χ3n) is 5.03. The molecule has 2 aromatic carbocycles. The fourth-order valence-electron chi connectivity index (χ4n) is 3.42. The van der Waals surface area contributed by atoms with Crippen molar-refractivity contribution in [2.24, 2.45) is 0 Å². The molecule has 1 aromatic heterocycles. The molecule has 26 heavy (non-hydrogen) atoms. The van der Waals surface area contributed by atoms with Crippen molar-refractivity contribution >= 4 is 21.1 Å². The summed E-state index contributed by atoms with van der Waals surface area (Å²) in [5.41, 5.74) is 2.35. The highest BCUT2D eigenvalue weighted by Gasteiger charge is 2.31. The molecule has 0 saturated carbocycles. The van der Waals surface area contributed by atoms with Crippen molar-refractivity contribution in [2.75, 3.05) is 13.1 Å². The van der Waals surface area contributed by atoms with Gasteiger partial charge in [-0.2, -0.15) is 4.31 Å². The van der Waals surface area contributed by atoms with Crippen LogP contribution in [0.2, 0.25) is 0 Å². The number of piperidine rings is 1. The Morgan fingerprint density at radius 3 is 2.58 bits per heavy atom. The minimum atomic E-state index is -3.67. The van der Waals surface area contributed by atoms with E-state index in [-0.39, 0.29) is 10.8 Å². The van der Waals surface area contributed by atoms with Gasteiger partial charge in [0.25, 0.3) is 0 Å². The third kappa shape index (κ3) is 3.01. The molecule has 0 amide bonds. The Bertz CT molecular complexity index is 1020. The van der Waals surface area contributed by atoms with Gasteiger partial charge in [0, 0.05) is 19.0 Å². The molecule has 2 heterocycles. The van der Waals surface area contributed by atoms with Crippen molar-refractivity contribution in [3.8, 4) is 0 Å². The zero-order valence-corrected chi connectivity index (χ0v) is 15.3. The largest absolute Gasteiger partial charge is 0.342 e. The molecule has 4 rings (SSSR count). The van der Waals surface area contributed by atoms with Gasteiger partial charge in [0.15, 0.2) is 0 Å². The number of aromatic amines is 1. The molecule has 136 valence electrons. The monoisotopic (exact) mass is 373 g/mol. The summed E-state index contributed by atoms with van der Waals surface area (Å²) < 4.78 is 40.7. The van der Waals surface area contributed by atoms with Gasteiger partial charge in [0.1, 0.15) is 11.6 Å². The molecule has 1 fully saturated rings. The maximum Gasteiger partial charge on any atom is 0.243 e. The summed E-state index contributed by atoms with van der Waals surface area (Å²) in [5, 5.41) is 0. The molecule has 0 aliphatic carbocycles. The van der Waals surface area contributed by atoms with E-state index >= 15 is 0 Å². The lowest BCUT2D eigenvalue weighted by Crippen LogP contribution is -2.38. The van der Waals surface area contributed by atoms with Crippen molar-refractivity contribution in [3.63, 3.8) is 0 Å². The Kier molecular flexibility index (Phi) is 4.28. The molecule has 0 spiro atoms. The Hall–Kier alpha value is -2.25. The molecule has 0 bridgehead atoms. The van der Waals surface area contributed by atoms with Crippen molar-refractivity contribution in [3.05, 3.63) is 59.7 Å². The van der Waals surface area contributed by atoms with Gasteiger partial charge in [-0.1, -0.05) is 18.2 Å². The van der Waals surface area contributed by atoms with E-state index in [1.807, 2.05) is 24.3 Å². The number of sulfonamides is 1. The highest BCUT2D eigenvalue weighted by molar-refractivity contribution is 7.89. The van der Waals surface area contributed by atoms with Crippen LogP contribution >= 0.6 is 0 Å². The van der Waals surface area contributed by atoms with Gasteiger partial charge < -0.3 is 4.98 Å². The minimum absolute atomic E-state index is 0.0165. The third-order valence-corrected chi connectivity index (χ3v) is 6.92. The van der Waals surface area contributed by atoms with Crippen LogP contribution in [0.3, 0.4) is 0 Å². The normalized spacial score (nSPS) is 17.0. The van der Waals surface area contributed by atoms with Gasteiger partial charge in [-0.25, -0.2) is 17.8 Å². The number of aromatic nitrogens is 2. The molecule has 5 nitrogen and oxygen atoms in total. The topological polar surface area (TPSA) is 66.1 Å². The second-order valence-corrected chi connectivity index (χ2v) is 8.67. The summed E-state index contributed by atoms with van der Waals surface area (Å²) >= 11 is 0. The zero-order chi connectivity index (χ0) is 18.3. The van der Waals surface area contributed by atoms with Crippen LogP contribution < -0.4 is 0 Å². The van der Waals surface area contributed by atoms with Gasteiger partial charge in [0.2, 0.25) is 10.0 Å². The Morgan fingerprint density at radius 1 is 1.15 bits per heavy atom. The first kappa shape index (κ1) is 17.2. The molecule has 1 aliphatic rings. The van der Waals surface area contributed by atoms with Crippen molar-refractivity contribution < 1.29 is 12.8 Å². The first-order chi connectivity index (χ1) is 12.4. The number of fused-ring (bicyclic) bond motifs is 1. The van der Waals surface area contributed by atoms with E-state index in [0.717, 1.165) is 22.9 Å². The van der Waals surface area contributed by atoms with E-state index in [1.165, 1.54) is 16.4 Å². The molecule has 3 aromatic rings. The maximum atomic E-state index is 13.8. The van der Waals surface area contributed by atoms with E-state index in [0.29, 0.717) is 31.5 Å². The highest BCUT2D eigenvalue weighted by atomic mass is 32.2. The van der Waals surface area contributed by atoms with E-state index in [1.54, 1.807) is 6.92 Å². The summed E-state index contributed by atoms with van der Waals surface area (Å²) in [5.74, 6) is 0.608. The number of imidazole rings is 1. The van der Waals surface area contributed by atoms with Crippen LogP contribution in [0, 0.1) is 12.7 Å². The predicted molar refractivity (Wildman–Crippen MR) is 98.0 cm³/mol. The lowest BCUT2D eigenvalue weighted by molar-refractivity contribution is 0.314. The molecule has 1 aliphatic heterocycles. The number of nitrogens with zero attached hydrogens (tertiary/aromatic N) is 2. The van der Waals surface area contributed by atoms with E-state index in [9.17, 15) is 12.8 Å². The van der Waals surface area contributed by atoms with Crippen LogP contribution in [0.15, 0.2) is 47.4 Å². The second-order valence-electron chi connectivity index (χ2n) is 6.73. The number of nitrogens with one attached hydrogen (secondary N) is 1. The second kappa shape index (κ2) is 6.48. The summed E-state index contributed by atoms with van der Waals surface area (Å²) in [4.78, 5) is 7.98. The zero-order valence-electron chi connectivity index (χ0n) is 14.4. The van der Waals surface area contributed by atoms with Crippen LogP contribution in [-0.2, 0) is 10.0 Å². The smallest absolute Gasteiger partial charge is 0.243 e. The molecular formula is C19H20FN3O2S. The fraction of sp³-hybridized carbons (Fsp3) is 0.316.